The number of hydrogen-bond acceptors (Lipinski definition) is 4. The molecule has 5 nitrogen and oxygen atoms in total. The van der Waals surface area contributed by atoms with Gasteiger partial charge in [-0.15, -0.1) is 0 Å². The van der Waals surface area contributed by atoms with E-state index in [1.165, 1.54) is 6.33 Å². The van der Waals surface area contributed by atoms with Crippen LogP contribution in [-0.2, 0) is 0 Å². The third-order valence-corrected chi connectivity index (χ3v) is 3.96. The topological polar surface area (TPSA) is 52.2 Å². The molecular formula is C11H17BrN4O. The number of H-pyrrole nitrogens is 1. The second kappa shape index (κ2) is 5.18. The molecule has 6 heteroatoms. The van der Waals surface area contributed by atoms with E-state index in [2.05, 4.69) is 49.5 Å². The van der Waals surface area contributed by atoms with E-state index in [4.69, 9.17) is 0 Å². The molecule has 1 fully saturated rings. The highest BCUT2D eigenvalue weighted by atomic mass is 79.9. The van der Waals surface area contributed by atoms with E-state index in [0.29, 0.717) is 10.5 Å². The Kier molecular flexibility index (Phi) is 3.83. The zero-order chi connectivity index (χ0) is 12.4. The van der Waals surface area contributed by atoms with Crippen molar-refractivity contribution in [3.05, 3.63) is 21.2 Å². The summed E-state index contributed by atoms with van der Waals surface area (Å²) in [7, 11) is 0. The fourth-order valence-electron chi connectivity index (χ4n) is 2.25. The molecule has 1 unspecified atom stereocenters. The number of piperazine rings is 1. The van der Waals surface area contributed by atoms with Gasteiger partial charge in [0.25, 0.3) is 5.56 Å². The van der Waals surface area contributed by atoms with Crippen LogP contribution in [0.5, 0.6) is 0 Å². The Hall–Kier alpha value is -0.880. The van der Waals surface area contributed by atoms with Gasteiger partial charge in [0, 0.05) is 25.7 Å². The van der Waals surface area contributed by atoms with Crippen LogP contribution >= 0.6 is 15.9 Å². The van der Waals surface area contributed by atoms with Gasteiger partial charge in [0.15, 0.2) is 0 Å². The van der Waals surface area contributed by atoms with Gasteiger partial charge in [-0.05, 0) is 29.4 Å². The van der Waals surface area contributed by atoms with Crippen molar-refractivity contribution < 1.29 is 0 Å². The molecule has 0 amide bonds. The summed E-state index contributed by atoms with van der Waals surface area (Å²) in [5.41, 5.74) is -0.124. The predicted molar refractivity (Wildman–Crippen MR) is 71.5 cm³/mol. The second-order valence-electron chi connectivity index (χ2n) is 4.29. The fraction of sp³-hybridized carbons (Fsp3) is 0.636. The van der Waals surface area contributed by atoms with Crippen molar-refractivity contribution >= 4 is 21.7 Å². The zero-order valence-electron chi connectivity index (χ0n) is 10.1. The first-order valence-electron chi connectivity index (χ1n) is 5.85. The van der Waals surface area contributed by atoms with E-state index >= 15 is 0 Å². The molecule has 0 aromatic carbocycles. The molecule has 2 heterocycles. The van der Waals surface area contributed by atoms with Crippen LogP contribution in [0.15, 0.2) is 15.6 Å². The highest BCUT2D eigenvalue weighted by Gasteiger charge is 2.24. The molecule has 0 spiro atoms. The average molecular weight is 301 g/mol. The number of likely N-dealkylation sites (N-methyl/N-ethyl adjacent to an activating group) is 1. The minimum Gasteiger partial charge on any atom is -0.353 e. The molecule has 17 heavy (non-hydrogen) atoms. The number of hydrogen-bond donors (Lipinski definition) is 1. The maximum absolute atomic E-state index is 11.5. The lowest BCUT2D eigenvalue weighted by Crippen LogP contribution is -2.52. The molecule has 1 aliphatic heterocycles. The summed E-state index contributed by atoms with van der Waals surface area (Å²) < 4.78 is 0.525. The summed E-state index contributed by atoms with van der Waals surface area (Å²) in [6.45, 7) is 8.28. The average Bonchev–Trinajstić information content (AvgIpc) is 2.32. The summed E-state index contributed by atoms with van der Waals surface area (Å²) in [5, 5.41) is 0. The van der Waals surface area contributed by atoms with Crippen LogP contribution in [0.4, 0.5) is 5.82 Å². The number of aromatic nitrogens is 2. The van der Waals surface area contributed by atoms with Gasteiger partial charge in [0.1, 0.15) is 10.3 Å². The molecule has 0 aliphatic carbocycles. The third-order valence-electron chi connectivity index (χ3n) is 3.25. The van der Waals surface area contributed by atoms with Gasteiger partial charge in [0.05, 0.1) is 6.33 Å². The first-order valence-corrected chi connectivity index (χ1v) is 6.65. The van der Waals surface area contributed by atoms with Crippen molar-refractivity contribution in [2.24, 2.45) is 0 Å². The van der Waals surface area contributed by atoms with Gasteiger partial charge in [-0.3, -0.25) is 9.69 Å². The first-order chi connectivity index (χ1) is 8.13. The molecule has 1 aromatic rings. The number of anilines is 1. The number of rotatable bonds is 2. The lowest BCUT2D eigenvalue weighted by Gasteiger charge is -2.40. The van der Waals surface area contributed by atoms with Crippen LogP contribution in [0.25, 0.3) is 0 Å². The Morgan fingerprint density at radius 1 is 1.59 bits per heavy atom. The van der Waals surface area contributed by atoms with E-state index < -0.39 is 0 Å². The highest BCUT2D eigenvalue weighted by molar-refractivity contribution is 9.10. The summed E-state index contributed by atoms with van der Waals surface area (Å²) in [4.78, 5) is 22.9. The maximum atomic E-state index is 11.5. The van der Waals surface area contributed by atoms with Crippen molar-refractivity contribution in [2.75, 3.05) is 31.1 Å². The number of aromatic amines is 1. The third kappa shape index (κ3) is 2.52. The molecule has 1 N–H and O–H groups in total. The molecule has 0 saturated carbocycles. The van der Waals surface area contributed by atoms with Crippen molar-refractivity contribution in [2.45, 2.75) is 19.9 Å². The van der Waals surface area contributed by atoms with Crippen molar-refractivity contribution in [3.63, 3.8) is 0 Å². The van der Waals surface area contributed by atoms with Gasteiger partial charge in [-0.25, -0.2) is 4.98 Å². The Balaban J connectivity index is 2.19. The molecule has 1 atom stereocenters. The van der Waals surface area contributed by atoms with E-state index in [9.17, 15) is 4.79 Å². The smallest absolute Gasteiger partial charge is 0.267 e. The molecule has 1 saturated heterocycles. The molecule has 1 aliphatic rings. The summed E-state index contributed by atoms with van der Waals surface area (Å²) >= 11 is 3.31. The van der Waals surface area contributed by atoms with E-state index in [1.807, 2.05) is 0 Å². The molecule has 2 rings (SSSR count). The lowest BCUT2D eigenvalue weighted by atomic mass is 10.2. The van der Waals surface area contributed by atoms with E-state index in [1.54, 1.807) is 0 Å². The van der Waals surface area contributed by atoms with Crippen LogP contribution < -0.4 is 10.5 Å². The molecule has 94 valence electrons. The van der Waals surface area contributed by atoms with Crippen molar-refractivity contribution in [1.82, 2.24) is 14.9 Å². The van der Waals surface area contributed by atoms with Crippen LogP contribution in [0, 0.1) is 0 Å². The predicted octanol–water partition coefficient (Wildman–Crippen LogP) is 1.06. The molecule has 0 bridgehead atoms. The summed E-state index contributed by atoms with van der Waals surface area (Å²) in [6.07, 6.45) is 1.46. The van der Waals surface area contributed by atoms with Crippen LogP contribution in [0.2, 0.25) is 0 Å². The van der Waals surface area contributed by atoms with Gasteiger partial charge >= 0.3 is 0 Å². The first kappa shape index (κ1) is 12.6. The number of nitrogens with zero attached hydrogens (tertiary/aromatic N) is 3. The Morgan fingerprint density at radius 2 is 2.35 bits per heavy atom. The molecule has 1 aromatic heterocycles. The maximum Gasteiger partial charge on any atom is 0.267 e. The summed E-state index contributed by atoms with van der Waals surface area (Å²) in [5.74, 6) is 0.747. The lowest BCUT2D eigenvalue weighted by molar-refractivity contribution is 0.199. The normalized spacial score (nSPS) is 21.8. The van der Waals surface area contributed by atoms with Gasteiger partial charge in [-0.2, -0.15) is 0 Å². The standard InChI is InChI=1S/C11H17BrN4O/c1-3-15-4-5-16(6-8(15)2)10-9(12)11(17)14-7-13-10/h7-8H,3-6H2,1-2H3,(H,13,14,17). The molecule has 0 radical (unpaired) electrons. The van der Waals surface area contributed by atoms with Gasteiger partial charge < -0.3 is 9.88 Å². The van der Waals surface area contributed by atoms with Gasteiger partial charge in [0.2, 0.25) is 0 Å². The number of nitrogens with one attached hydrogen (secondary N) is 1. The van der Waals surface area contributed by atoms with Crippen LogP contribution in [-0.4, -0.2) is 47.1 Å². The Morgan fingerprint density at radius 3 is 3.00 bits per heavy atom. The van der Waals surface area contributed by atoms with Crippen LogP contribution in [0.1, 0.15) is 13.8 Å². The van der Waals surface area contributed by atoms with Crippen LogP contribution in [0.3, 0.4) is 0 Å². The Bertz CT molecular complexity index is 447. The Labute approximate surface area is 109 Å². The monoisotopic (exact) mass is 300 g/mol. The van der Waals surface area contributed by atoms with Crippen molar-refractivity contribution in [1.29, 1.82) is 0 Å². The second-order valence-corrected chi connectivity index (χ2v) is 5.09. The largest absolute Gasteiger partial charge is 0.353 e. The number of halogens is 1. The van der Waals surface area contributed by atoms with Gasteiger partial charge in [-0.1, -0.05) is 6.92 Å². The molecular weight excluding hydrogens is 284 g/mol. The summed E-state index contributed by atoms with van der Waals surface area (Å²) in [6, 6.07) is 0.488. The van der Waals surface area contributed by atoms with E-state index in [-0.39, 0.29) is 5.56 Å². The zero-order valence-corrected chi connectivity index (χ0v) is 11.7. The minimum atomic E-state index is -0.124. The quantitative estimate of drug-likeness (QED) is 0.887. The van der Waals surface area contributed by atoms with Crippen molar-refractivity contribution in [3.8, 4) is 0 Å². The highest BCUT2D eigenvalue weighted by Crippen LogP contribution is 2.22. The van der Waals surface area contributed by atoms with E-state index in [0.717, 1.165) is 32.0 Å². The fourth-order valence-corrected chi connectivity index (χ4v) is 2.72. The SMILES string of the molecule is CCN1CCN(c2nc[nH]c(=O)c2Br)CC1C. The minimum absolute atomic E-state index is 0.124.